The molecule has 1 aromatic heterocycles. The summed E-state index contributed by atoms with van der Waals surface area (Å²) in [7, 11) is 0. The highest BCUT2D eigenvalue weighted by Crippen LogP contribution is 2.40. The van der Waals surface area contributed by atoms with E-state index < -0.39 is 0 Å². The summed E-state index contributed by atoms with van der Waals surface area (Å²) in [4.78, 5) is 16.8. The van der Waals surface area contributed by atoms with Crippen molar-refractivity contribution in [1.29, 1.82) is 0 Å². The average molecular weight is 315 g/mol. The summed E-state index contributed by atoms with van der Waals surface area (Å²) in [5.74, 6) is 1.62. The monoisotopic (exact) mass is 315 g/mol. The summed E-state index contributed by atoms with van der Waals surface area (Å²) in [5, 5.41) is 3.16. The van der Waals surface area contributed by atoms with Gasteiger partial charge in [-0.1, -0.05) is 26.8 Å². The van der Waals surface area contributed by atoms with E-state index in [1.54, 1.807) is 11.3 Å². The van der Waals surface area contributed by atoms with Crippen molar-refractivity contribution in [2.75, 3.05) is 0 Å². The van der Waals surface area contributed by atoms with Gasteiger partial charge in [0.1, 0.15) is 12.4 Å². The number of hydrogen-bond donors (Lipinski definition) is 0. The fourth-order valence-electron chi connectivity index (χ4n) is 3.03. The molecule has 0 unspecified atom stereocenters. The van der Waals surface area contributed by atoms with Crippen LogP contribution in [0.25, 0.3) is 0 Å². The van der Waals surface area contributed by atoms with Gasteiger partial charge in [0.05, 0.1) is 16.3 Å². The fraction of sp³-hybridized carbons (Fsp3) is 0.444. The number of carbonyl (C=O) groups excluding carboxylic acids is 1. The Morgan fingerprint density at radius 1 is 1.41 bits per heavy atom. The molecule has 0 aliphatic heterocycles. The summed E-state index contributed by atoms with van der Waals surface area (Å²) in [6, 6.07) is 3.96. The number of carbonyl (C=O) groups is 1. The molecule has 0 N–H and O–H groups in total. The number of benzene rings is 1. The number of ketones is 1. The number of Topliss-reactive ketones (excluding diaryl/α,β-unsaturated/α-hetero) is 1. The van der Waals surface area contributed by atoms with E-state index in [2.05, 4.69) is 32.7 Å². The first kappa shape index (κ1) is 15.2. The largest absolute Gasteiger partial charge is 0.486 e. The van der Waals surface area contributed by atoms with Gasteiger partial charge in [-0.15, -0.1) is 11.3 Å². The lowest BCUT2D eigenvalue weighted by atomic mass is 9.97. The third-order valence-corrected chi connectivity index (χ3v) is 5.32. The van der Waals surface area contributed by atoms with Crippen molar-refractivity contribution in [3.8, 4) is 5.75 Å². The number of nitrogens with zero attached hydrogens (tertiary/aromatic N) is 1. The van der Waals surface area contributed by atoms with E-state index in [1.807, 2.05) is 17.5 Å². The third-order valence-electron chi connectivity index (χ3n) is 4.13. The number of rotatable bonds is 4. The Morgan fingerprint density at radius 2 is 2.18 bits per heavy atom. The minimum Gasteiger partial charge on any atom is -0.486 e. The van der Waals surface area contributed by atoms with Gasteiger partial charge in [-0.3, -0.25) is 4.79 Å². The van der Waals surface area contributed by atoms with E-state index in [4.69, 9.17) is 4.74 Å². The molecular weight excluding hydrogens is 294 g/mol. The van der Waals surface area contributed by atoms with Crippen molar-refractivity contribution in [2.24, 2.45) is 0 Å². The van der Waals surface area contributed by atoms with Crippen LogP contribution in [0.3, 0.4) is 0 Å². The van der Waals surface area contributed by atoms with Crippen molar-refractivity contribution < 1.29 is 9.53 Å². The molecule has 0 amide bonds. The maximum atomic E-state index is 12.3. The van der Waals surface area contributed by atoms with Crippen LogP contribution in [0.5, 0.6) is 5.75 Å². The lowest BCUT2D eigenvalue weighted by Crippen LogP contribution is -2.03. The average Bonchev–Trinajstić information content (AvgIpc) is 3.04. The summed E-state index contributed by atoms with van der Waals surface area (Å²) < 4.78 is 5.93. The normalized spacial score (nSPS) is 17.1. The van der Waals surface area contributed by atoms with Crippen LogP contribution in [0.4, 0.5) is 0 Å². The molecule has 1 aliphatic carbocycles. The molecule has 1 aromatic carbocycles. The van der Waals surface area contributed by atoms with E-state index in [-0.39, 0.29) is 11.7 Å². The van der Waals surface area contributed by atoms with Crippen molar-refractivity contribution in [2.45, 2.75) is 52.6 Å². The molecule has 0 saturated carbocycles. The Labute approximate surface area is 135 Å². The quantitative estimate of drug-likeness (QED) is 0.810. The zero-order valence-electron chi connectivity index (χ0n) is 13.5. The molecule has 22 heavy (non-hydrogen) atoms. The summed E-state index contributed by atoms with van der Waals surface area (Å²) in [5.41, 5.74) is 4.05. The second kappa shape index (κ2) is 5.84. The van der Waals surface area contributed by atoms with Crippen molar-refractivity contribution in [1.82, 2.24) is 4.98 Å². The summed E-state index contributed by atoms with van der Waals surface area (Å²) in [6.07, 6.45) is 0.588. The van der Waals surface area contributed by atoms with Crippen LogP contribution in [-0.4, -0.2) is 10.8 Å². The minimum atomic E-state index is 0.197. The molecule has 1 atom stereocenters. The zero-order valence-corrected chi connectivity index (χ0v) is 14.3. The highest BCUT2D eigenvalue weighted by atomic mass is 32.1. The molecule has 4 heteroatoms. The second-order valence-electron chi connectivity index (χ2n) is 6.32. The van der Waals surface area contributed by atoms with E-state index in [9.17, 15) is 4.79 Å². The molecular formula is C18H21NO2S. The predicted octanol–water partition coefficient (Wildman–Crippen LogP) is 4.84. The topological polar surface area (TPSA) is 39.2 Å². The molecule has 0 saturated heterocycles. The Kier molecular flexibility index (Phi) is 4.04. The van der Waals surface area contributed by atoms with Crippen molar-refractivity contribution in [3.05, 3.63) is 44.9 Å². The first-order chi connectivity index (χ1) is 10.5. The SMILES string of the molecule is Cc1ccc(OCc2csc(C(C)C)n2)c2c1[C@@H](C)CC2=O. The molecule has 1 aliphatic rings. The first-order valence-corrected chi connectivity index (χ1v) is 8.59. The lowest BCUT2D eigenvalue weighted by molar-refractivity contribution is 0.0986. The second-order valence-corrected chi connectivity index (χ2v) is 7.21. The van der Waals surface area contributed by atoms with Crippen LogP contribution in [-0.2, 0) is 6.61 Å². The van der Waals surface area contributed by atoms with E-state index in [0.29, 0.717) is 24.7 Å². The molecule has 0 radical (unpaired) electrons. The predicted molar refractivity (Wildman–Crippen MR) is 89.1 cm³/mol. The van der Waals surface area contributed by atoms with Crippen LogP contribution >= 0.6 is 11.3 Å². The summed E-state index contributed by atoms with van der Waals surface area (Å²) in [6.45, 7) is 8.86. The van der Waals surface area contributed by atoms with Gasteiger partial charge < -0.3 is 4.74 Å². The number of ether oxygens (including phenoxy) is 1. The van der Waals surface area contributed by atoms with Gasteiger partial charge >= 0.3 is 0 Å². The molecule has 0 spiro atoms. The van der Waals surface area contributed by atoms with Crippen LogP contribution in [0.15, 0.2) is 17.5 Å². The maximum absolute atomic E-state index is 12.3. The number of aromatic nitrogens is 1. The highest BCUT2D eigenvalue weighted by molar-refractivity contribution is 7.09. The molecule has 1 heterocycles. The van der Waals surface area contributed by atoms with E-state index in [1.165, 1.54) is 5.56 Å². The van der Waals surface area contributed by atoms with Gasteiger partial charge in [-0.25, -0.2) is 4.98 Å². The number of fused-ring (bicyclic) bond motifs is 1. The molecule has 2 aromatic rings. The number of hydrogen-bond acceptors (Lipinski definition) is 4. The third kappa shape index (κ3) is 2.68. The standard InChI is InChI=1S/C18H21NO2S/c1-10(2)18-19-13(9-22-18)8-21-15-6-5-11(3)16-12(4)7-14(20)17(15)16/h5-6,9-10,12H,7-8H2,1-4H3/t12-/m0/s1. The minimum absolute atomic E-state index is 0.197. The Hall–Kier alpha value is -1.68. The van der Waals surface area contributed by atoms with Crippen molar-refractivity contribution in [3.63, 3.8) is 0 Å². The first-order valence-electron chi connectivity index (χ1n) is 7.71. The smallest absolute Gasteiger partial charge is 0.167 e. The Morgan fingerprint density at radius 3 is 2.86 bits per heavy atom. The van der Waals surface area contributed by atoms with Gasteiger partial charge in [0.2, 0.25) is 0 Å². The van der Waals surface area contributed by atoms with Gasteiger partial charge in [-0.05, 0) is 30.0 Å². The maximum Gasteiger partial charge on any atom is 0.167 e. The molecule has 0 fully saturated rings. The fourth-order valence-corrected chi connectivity index (χ4v) is 3.85. The van der Waals surface area contributed by atoms with Gasteiger partial charge in [0, 0.05) is 17.7 Å². The zero-order chi connectivity index (χ0) is 15.9. The van der Waals surface area contributed by atoms with Crippen molar-refractivity contribution >= 4 is 17.1 Å². The number of aryl methyl sites for hydroxylation is 1. The molecule has 3 rings (SSSR count). The van der Waals surface area contributed by atoms with Gasteiger partial charge in [0.25, 0.3) is 0 Å². The van der Waals surface area contributed by atoms with E-state index >= 15 is 0 Å². The number of thiazole rings is 1. The van der Waals surface area contributed by atoms with Crippen LogP contribution in [0, 0.1) is 6.92 Å². The van der Waals surface area contributed by atoms with Gasteiger partial charge in [-0.2, -0.15) is 0 Å². The molecule has 3 nitrogen and oxygen atoms in total. The molecule has 0 bridgehead atoms. The highest BCUT2D eigenvalue weighted by Gasteiger charge is 2.31. The van der Waals surface area contributed by atoms with Crippen LogP contribution in [0.2, 0.25) is 0 Å². The van der Waals surface area contributed by atoms with Gasteiger partial charge in [0.15, 0.2) is 5.78 Å². The van der Waals surface area contributed by atoms with Crippen LogP contribution < -0.4 is 4.74 Å². The van der Waals surface area contributed by atoms with E-state index in [0.717, 1.165) is 21.8 Å². The Bertz CT molecular complexity index is 718. The molecule has 116 valence electrons. The van der Waals surface area contributed by atoms with Crippen LogP contribution in [0.1, 0.15) is 71.2 Å². The Balaban J connectivity index is 1.83. The summed E-state index contributed by atoms with van der Waals surface area (Å²) >= 11 is 1.66. The lowest BCUT2D eigenvalue weighted by Gasteiger charge is -2.12.